The lowest BCUT2D eigenvalue weighted by Gasteiger charge is -2.03. The van der Waals surface area contributed by atoms with Gasteiger partial charge in [-0.2, -0.15) is 0 Å². The lowest BCUT2D eigenvalue weighted by molar-refractivity contribution is 0.0693. The molecule has 3 nitrogen and oxygen atoms in total. The molecule has 0 heterocycles. The number of carbonyl (C=O) groups is 1. The molecule has 0 saturated heterocycles. The Kier molecular flexibility index (Phi) is 4.58. The number of carboxylic acids is 1. The van der Waals surface area contributed by atoms with E-state index in [2.05, 4.69) is 6.92 Å². The third-order valence-corrected chi connectivity index (χ3v) is 2.31. The molecule has 2 N–H and O–H groups in total. The van der Waals surface area contributed by atoms with Gasteiger partial charge in [-0.15, -0.1) is 0 Å². The molecule has 0 aliphatic carbocycles. The van der Waals surface area contributed by atoms with E-state index in [-0.39, 0.29) is 11.3 Å². The van der Waals surface area contributed by atoms with Crippen LogP contribution in [0.3, 0.4) is 0 Å². The quantitative estimate of drug-likeness (QED) is 0.748. The van der Waals surface area contributed by atoms with Gasteiger partial charge in [0.05, 0.1) is 0 Å². The van der Waals surface area contributed by atoms with Gasteiger partial charge in [-0.1, -0.05) is 44.1 Å². The topological polar surface area (TPSA) is 57.5 Å². The maximum absolute atomic E-state index is 10.9. The summed E-state index contributed by atoms with van der Waals surface area (Å²) in [4.78, 5) is 10.9. The van der Waals surface area contributed by atoms with Crippen molar-refractivity contribution in [2.24, 2.45) is 0 Å². The maximum Gasteiger partial charge on any atom is 0.340 e. The SMILES string of the molecule is CCCC/C=C/c1cccc(O)c1C(=O)O. The highest BCUT2D eigenvalue weighted by Gasteiger charge is 2.12. The normalized spacial score (nSPS) is 10.8. The molecule has 0 fully saturated rings. The van der Waals surface area contributed by atoms with Crippen LogP contribution in [0, 0.1) is 0 Å². The molecule has 0 aliphatic heterocycles. The standard InChI is InChI=1S/C13H16O3/c1-2-3-4-5-7-10-8-6-9-11(14)12(10)13(15)16/h5-9,14H,2-4H2,1H3,(H,15,16)/b7-5+. The highest BCUT2D eigenvalue weighted by molar-refractivity contribution is 5.95. The fourth-order valence-electron chi connectivity index (χ4n) is 1.46. The number of carboxylic acid groups (broad SMARTS) is 1. The Morgan fingerprint density at radius 2 is 2.19 bits per heavy atom. The van der Waals surface area contributed by atoms with Crippen LogP contribution in [0.25, 0.3) is 6.08 Å². The highest BCUT2D eigenvalue weighted by Crippen LogP contribution is 2.22. The average Bonchev–Trinajstić information content (AvgIpc) is 2.24. The molecular formula is C13H16O3. The van der Waals surface area contributed by atoms with Crippen LogP contribution in [0.1, 0.15) is 42.1 Å². The van der Waals surface area contributed by atoms with E-state index >= 15 is 0 Å². The summed E-state index contributed by atoms with van der Waals surface area (Å²) in [7, 11) is 0. The number of aromatic hydroxyl groups is 1. The number of benzene rings is 1. The summed E-state index contributed by atoms with van der Waals surface area (Å²) < 4.78 is 0. The Bertz CT molecular complexity index is 394. The molecule has 0 saturated carbocycles. The number of rotatable bonds is 5. The van der Waals surface area contributed by atoms with Gasteiger partial charge in [0.15, 0.2) is 0 Å². The summed E-state index contributed by atoms with van der Waals surface area (Å²) >= 11 is 0. The van der Waals surface area contributed by atoms with Crippen molar-refractivity contribution in [2.45, 2.75) is 26.2 Å². The molecule has 0 unspecified atom stereocenters. The van der Waals surface area contributed by atoms with Crippen molar-refractivity contribution in [3.8, 4) is 5.75 Å². The van der Waals surface area contributed by atoms with Gasteiger partial charge in [-0.05, 0) is 18.1 Å². The molecule has 0 atom stereocenters. The second-order valence-corrected chi connectivity index (χ2v) is 3.59. The van der Waals surface area contributed by atoms with E-state index in [4.69, 9.17) is 5.11 Å². The Balaban J connectivity index is 2.91. The molecule has 1 aromatic rings. The van der Waals surface area contributed by atoms with Gasteiger partial charge in [-0.25, -0.2) is 4.79 Å². The van der Waals surface area contributed by atoms with E-state index in [0.717, 1.165) is 19.3 Å². The first kappa shape index (κ1) is 12.3. The van der Waals surface area contributed by atoms with E-state index in [9.17, 15) is 9.90 Å². The average molecular weight is 220 g/mol. The zero-order chi connectivity index (χ0) is 12.0. The fourth-order valence-corrected chi connectivity index (χ4v) is 1.46. The molecule has 0 spiro atoms. The molecular weight excluding hydrogens is 204 g/mol. The van der Waals surface area contributed by atoms with Crippen LogP contribution in [0.2, 0.25) is 0 Å². The second-order valence-electron chi connectivity index (χ2n) is 3.59. The Hall–Kier alpha value is -1.77. The number of allylic oxidation sites excluding steroid dienone is 1. The van der Waals surface area contributed by atoms with E-state index < -0.39 is 5.97 Å². The van der Waals surface area contributed by atoms with Crippen LogP contribution in [0.4, 0.5) is 0 Å². The minimum absolute atomic E-state index is 0.0322. The minimum Gasteiger partial charge on any atom is -0.507 e. The summed E-state index contributed by atoms with van der Waals surface area (Å²) in [5.74, 6) is -1.29. The molecule has 0 bridgehead atoms. The van der Waals surface area contributed by atoms with Gasteiger partial charge in [0, 0.05) is 0 Å². The first-order chi connectivity index (χ1) is 7.66. The van der Waals surface area contributed by atoms with Gasteiger partial charge in [0.1, 0.15) is 11.3 Å². The first-order valence-electron chi connectivity index (χ1n) is 5.38. The summed E-state index contributed by atoms with van der Waals surface area (Å²) in [6.07, 6.45) is 6.79. The summed E-state index contributed by atoms with van der Waals surface area (Å²) in [5.41, 5.74) is 0.513. The van der Waals surface area contributed by atoms with Gasteiger partial charge in [-0.3, -0.25) is 0 Å². The van der Waals surface area contributed by atoms with E-state index in [1.165, 1.54) is 6.07 Å². The maximum atomic E-state index is 10.9. The lowest BCUT2D eigenvalue weighted by Crippen LogP contribution is -1.99. The third kappa shape index (κ3) is 3.12. The second kappa shape index (κ2) is 5.95. The van der Waals surface area contributed by atoms with Gasteiger partial charge < -0.3 is 10.2 Å². The van der Waals surface area contributed by atoms with Crippen LogP contribution in [-0.4, -0.2) is 16.2 Å². The van der Waals surface area contributed by atoms with Crippen molar-refractivity contribution in [3.63, 3.8) is 0 Å². The number of hydrogen-bond donors (Lipinski definition) is 2. The molecule has 3 heteroatoms. The van der Waals surface area contributed by atoms with E-state index in [0.29, 0.717) is 5.56 Å². The van der Waals surface area contributed by atoms with E-state index in [1.54, 1.807) is 18.2 Å². The Labute approximate surface area is 95.0 Å². The minimum atomic E-state index is -1.10. The number of aromatic carboxylic acids is 1. The van der Waals surface area contributed by atoms with Crippen molar-refractivity contribution in [2.75, 3.05) is 0 Å². The van der Waals surface area contributed by atoms with Crippen molar-refractivity contribution in [1.29, 1.82) is 0 Å². The molecule has 86 valence electrons. The van der Waals surface area contributed by atoms with Crippen LogP contribution in [0.15, 0.2) is 24.3 Å². The molecule has 0 amide bonds. The fraction of sp³-hybridized carbons (Fsp3) is 0.308. The van der Waals surface area contributed by atoms with Crippen LogP contribution >= 0.6 is 0 Å². The molecule has 0 aromatic heterocycles. The summed E-state index contributed by atoms with van der Waals surface area (Å²) in [6, 6.07) is 4.71. The van der Waals surface area contributed by atoms with Gasteiger partial charge >= 0.3 is 5.97 Å². The van der Waals surface area contributed by atoms with Crippen molar-refractivity contribution in [3.05, 3.63) is 35.4 Å². The molecule has 16 heavy (non-hydrogen) atoms. The molecule has 0 radical (unpaired) electrons. The zero-order valence-electron chi connectivity index (χ0n) is 9.31. The third-order valence-electron chi connectivity index (χ3n) is 2.31. The highest BCUT2D eigenvalue weighted by atomic mass is 16.4. The number of unbranched alkanes of at least 4 members (excludes halogenated alkanes) is 2. The lowest BCUT2D eigenvalue weighted by atomic mass is 10.1. The number of phenols is 1. The largest absolute Gasteiger partial charge is 0.507 e. The summed E-state index contributed by atoms with van der Waals surface area (Å²) in [6.45, 7) is 2.10. The van der Waals surface area contributed by atoms with Gasteiger partial charge in [0.25, 0.3) is 0 Å². The van der Waals surface area contributed by atoms with Crippen LogP contribution < -0.4 is 0 Å². The smallest absolute Gasteiger partial charge is 0.340 e. The van der Waals surface area contributed by atoms with Crippen LogP contribution in [0.5, 0.6) is 5.75 Å². The first-order valence-corrected chi connectivity index (χ1v) is 5.38. The van der Waals surface area contributed by atoms with Crippen molar-refractivity contribution < 1.29 is 15.0 Å². The predicted molar refractivity (Wildman–Crippen MR) is 63.6 cm³/mol. The van der Waals surface area contributed by atoms with E-state index in [1.807, 2.05) is 6.08 Å². The molecule has 1 aromatic carbocycles. The molecule has 0 aliphatic rings. The van der Waals surface area contributed by atoms with Crippen LogP contribution in [-0.2, 0) is 0 Å². The Morgan fingerprint density at radius 3 is 2.81 bits per heavy atom. The monoisotopic (exact) mass is 220 g/mol. The van der Waals surface area contributed by atoms with Crippen molar-refractivity contribution >= 4 is 12.0 Å². The zero-order valence-corrected chi connectivity index (χ0v) is 9.31. The van der Waals surface area contributed by atoms with Crippen molar-refractivity contribution in [1.82, 2.24) is 0 Å². The number of hydrogen-bond acceptors (Lipinski definition) is 2. The molecule has 1 rings (SSSR count). The predicted octanol–water partition coefficient (Wildman–Crippen LogP) is 3.29. The Morgan fingerprint density at radius 1 is 1.44 bits per heavy atom. The summed E-state index contributed by atoms with van der Waals surface area (Å²) in [5, 5.41) is 18.4. The van der Waals surface area contributed by atoms with Gasteiger partial charge in [0.2, 0.25) is 0 Å².